The highest BCUT2D eigenvalue weighted by Crippen LogP contribution is 2.35. The van der Waals surface area contributed by atoms with Gasteiger partial charge in [-0.3, -0.25) is 5.32 Å². The second kappa shape index (κ2) is 5.87. The van der Waals surface area contributed by atoms with Crippen LogP contribution in [-0.4, -0.2) is 56.4 Å². The molecule has 0 spiro atoms. The van der Waals surface area contributed by atoms with Gasteiger partial charge >= 0.3 is 6.09 Å². The molecule has 0 radical (unpaired) electrons. The van der Waals surface area contributed by atoms with Crippen LogP contribution in [0.15, 0.2) is 12.1 Å². The normalized spacial score (nSPS) is 16.0. The minimum Gasteiger partial charge on any atom is -0.494 e. The van der Waals surface area contributed by atoms with Gasteiger partial charge in [-0.15, -0.1) is 0 Å². The fourth-order valence-corrected chi connectivity index (χ4v) is 2.29. The number of nitrogen functional groups attached to an aromatic ring is 1. The Hall–Kier alpha value is -2.15. The molecule has 1 aliphatic rings. The number of piperazine rings is 1. The van der Waals surface area contributed by atoms with Crippen molar-refractivity contribution >= 4 is 23.2 Å². The minimum absolute atomic E-state index is 0.357. The Labute approximate surface area is 117 Å². The standard InChI is InChI=1S/C13H20N4O3/c1-16-3-5-17(6-4-16)11-8-12(20-2)10(7-9(11)14)15-13(18)19/h7-8,15H,3-6,14H2,1-2H3,(H,18,19). The van der Waals surface area contributed by atoms with E-state index in [1.807, 2.05) is 0 Å². The Morgan fingerprint density at radius 3 is 2.55 bits per heavy atom. The molecular formula is C13H20N4O3. The number of methoxy groups -OCH3 is 1. The van der Waals surface area contributed by atoms with Crippen LogP contribution < -0.4 is 20.7 Å². The number of anilines is 3. The van der Waals surface area contributed by atoms with E-state index in [1.165, 1.54) is 7.11 Å². The molecule has 1 aromatic rings. The SMILES string of the molecule is COc1cc(N2CCN(C)CC2)c(N)cc1NC(=O)O. The maximum absolute atomic E-state index is 10.7. The van der Waals surface area contributed by atoms with Crippen molar-refractivity contribution in [2.24, 2.45) is 0 Å². The first-order valence-corrected chi connectivity index (χ1v) is 6.42. The minimum atomic E-state index is -1.14. The molecule has 7 nitrogen and oxygen atoms in total. The Morgan fingerprint density at radius 2 is 2.00 bits per heavy atom. The molecule has 0 aliphatic carbocycles. The molecule has 4 N–H and O–H groups in total. The van der Waals surface area contributed by atoms with E-state index in [9.17, 15) is 4.79 Å². The fraction of sp³-hybridized carbons (Fsp3) is 0.462. The smallest absolute Gasteiger partial charge is 0.409 e. The average molecular weight is 280 g/mol. The maximum Gasteiger partial charge on any atom is 0.409 e. The van der Waals surface area contributed by atoms with E-state index >= 15 is 0 Å². The van der Waals surface area contributed by atoms with Crippen LogP contribution in [0, 0.1) is 0 Å². The first-order chi connectivity index (χ1) is 9.51. The zero-order valence-electron chi connectivity index (χ0n) is 11.7. The second-order valence-electron chi connectivity index (χ2n) is 4.83. The third-order valence-corrected chi connectivity index (χ3v) is 3.43. The van der Waals surface area contributed by atoms with Crippen LogP contribution in [0.3, 0.4) is 0 Å². The van der Waals surface area contributed by atoms with E-state index < -0.39 is 6.09 Å². The van der Waals surface area contributed by atoms with Crippen molar-refractivity contribution in [3.8, 4) is 5.75 Å². The quantitative estimate of drug-likeness (QED) is 0.719. The van der Waals surface area contributed by atoms with E-state index in [0.717, 1.165) is 31.9 Å². The summed E-state index contributed by atoms with van der Waals surface area (Å²) in [5.74, 6) is 0.468. The Bertz CT molecular complexity index is 499. The molecule has 1 aliphatic heterocycles. The number of rotatable bonds is 3. The molecule has 0 unspecified atom stereocenters. The van der Waals surface area contributed by atoms with Crippen LogP contribution in [0.5, 0.6) is 5.75 Å². The Balaban J connectivity index is 2.28. The predicted molar refractivity (Wildman–Crippen MR) is 78.8 cm³/mol. The number of benzene rings is 1. The van der Waals surface area contributed by atoms with Crippen molar-refractivity contribution in [3.05, 3.63) is 12.1 Å². The highest BCUT2D eigenvalue weighted by atomic mass is 16.5. The molecule has 2 rings (SSSR count). The van der Waals surface area contributed by atoms with Gasteiger partial charge in [0.2, 0.25) is 0 Å². The highest BCUT2D eigenvalue weighted by molar-refractivity contribution is 5.88. The van der Waals surface area contributed by atoms with Crippen LogP contribution in [-0.2, 0) is 0 Å². The van der Waals surface area contributed by atoms with Gasteiger partial charge in [-0.1, -0.05) is 0 Å². The molecule has 20 heavy (non-hydrogen) atoms. The molecule has 1 saturated heterocycles. The van der Waals surface area contributed by atoms with E-state index in [1.54, 1.807) is 12.1 Å². The number of carbonyl (C=O) groups is 1. The van der Waals surface area contributed by atoms with Gasteiger partial charge in [0.1, 0.15) is 5.75 Å². The third kappa shape index (κ3) is 3.05. The molecule has 1 aromatic carbocycles. The number of hydrogen-bond donors (Lipinski definition) is 3. The van der Waals surface area contributed by atoms with Crippen molar-refractivity contribution in [1.82, 2.24) is 4.90 Å². The Kier molecular flexibility index (Phi) is 4.19. The monoisotopic (exact) mass is 280 g/mol. The van der Waals surface area contributed by atoms with Gasteiger partial charge in [0.05, 0.1) is 24.2 Å². The summed E-state index contributed by atoms with van der Waals surface area (Å²) in [7, 11) is 3.59. The lowest BCUT2D eigenvalue weighted by molar-refractivity contribution is 0.209. The third-order valence-electron chi connectivity index (χ3n) is 3.43. The maximum atomic E-state index is 10.7. The van der Waals surface area contributed by atoms with Crippen LogP contribution >= 0.6 is 0 Å². The van der Waals surface area contributed by atoms with E-state index in [0.29, 0.717) is 17.1 Å². The molecule has 110 valence electrons. The van der Waals surface area contributed by atoms with Gasteiger partial charge in [-0.05, 0) is 13.1 Å². The number of ether oxygens (including phenoxy) is 1. The molecule has 1 fully saturated rings. The van der Waals surface area contributed by atoms with Crippen molar-refractivity contribution < 1.29 is 14.6 Å². The molecular weight excluding hydrogens is 260 g/mol. The number of nitrogens with zero attached hydrogens (tertiary/aromatic N) is 2. The van der Waals surface area contributed by atoms with Gasteiger partial charge in [0, 0.05) is 32.2 Å². The van der Waals surface area contributed by atoms with Crippen molar-refractivity contribution in [1.29, 1.82) is 0 Å². The fourth-order valence-electron chi connectivity index (χ4n) is 2.29. The summed E-state index contributed by atoms with van der Waals surface area (Å²) < 4.78 is 5.24. The first kappa shape index (κ1) is 14.3. The van der Waals surface area contributed by atoms with E-state index in [4.69, 9.17) is 15.6 Å². The highest BCUT2D eigenvalue weighted by Gasteiger charge is 2.19. The molecule has 1 heterocycles. The van der Waals surface area contributed by atoms with Gasteiger partial charge in [-0.25, -0.2) is 4.79 Å². The summed E-state index contributed by atoms with van der Waals surface area (Å²) >= 11 is 0. The Morgan fingerprint density at radius 1 is 1.35 bits per heavy atom. The van der Waals surface area contributed by atoms with Crippen LogP contribution in [0.2, 0.25) is 0 Å². The molecule has 1 amide bonds. The van der Waals surface area contributed by atoms with Gasteiger partial charge in [0.25, 0.3) is 0 Å². The van der Waals surface area contributed by atoms with E-state index in [2.05, 4.69) is 22.2 Å². The largest absolute Gasteiger partial charge is 0.494 e. The molecule has 0 saturated carbocycles. The molecule has 0 bridgehead atoms. The van der Waals surface area contributed by atoms with Crippen LogP contribution in [0.4, 0.5) is 21.9 Å². The van der Waals surface area contributed by atoms with Gasteiger partial charge in [0.15, 0.2) is 0 Å². The lowest BCUT2D eigenvalue weighted by Crippen LogP contribution is -2.44. The van der Waals surface area contributed by atoms with E-state index in [-0.39, 0.29) is 0 Å². The number of nitrogens with one attached hydrogen (secondary N) is 1. The number of carboxylic acid groups (broad SMARTS) is 1. The zero-order valence-corrected chi connectivity index (χ0v) is 11.7. The average Bonchev–Trinajstić information content (AvgIpc) is 2.40. The van der Waals surface area contributed by atoms with Crippen molar-refractivity contribution in [2.45, 2.75) is 0 Å². The van der Waals surface area contributed by atoms with Crippen molar-refractivity contribution in [2.75, 3.05) is 56.3 Å². The molecule has 7 heteroatoms. The predicted octanol–water partition coefficient (Wildman–Crippen LogP) is 1.12. The second-order valence-corrected chi connectivity index (χ2v) is 4.83. The first-order valence-electron chi connectivity index (χ1n) is 6.42. The number of nitrogens with two attached hydrogens (primary N) is 1. The number of likely N-dealkylation sites (N-methyl/N-ethyl adjacent to an activating group) is 1. The topological polar surface area (TPSA) is 91.1 Å². The summed E-state index contributed by atoms with van der Waals surface area (Å²) in [5.41, 5.74) is 7.82. The van der Waals surface area contributed by atoms with Gasteiger partial charge in [-0.2, -0.15) is 0 Å². The number of hydrogen-bond acceptors (Lipinski definition) is 5. The van der Waals surface area contributed by atoms with Crippen molar-refractivity contribution in [3.63, 3.8) is 0 Å². The van der Waals surface area contributed by atoms with Gasteiger partial charge < -0.3 is 25.4 Å². The summed E-state index contributed by atoms with van der Waals surface area (Å²) in [5, 5.41) is 11.1. The lowest BCUT2D eigenvalue weighted by Gasteiger charge is -2.35. The lowest BCUT2D eigenvalue weighted by atomic mass is 10.2. The number of amides is 1. The summed E-state index contributed by atoms with van der Waals surface area (Å²) in [4.78, 5) is 15.2. The summed E-state index contributed by atoms with van der Waals surface area (Å²) in [6.45, 7) is 3.71. The molecule has 0 aromatic heterocycles. The van der Waals surface area contributed by atoms with Crippen LogP contribution in [0.1, 0.15) is 0 Å². The summed E-state index contributed by atoms with van der Waals surface area (Å²) in [6, 6.07) is 3.38. The van der Waals surface area contributed by atoms with Crippen LogP contribution in [0.25, 0.3) is 0 Å². The zero-order chi connectivity index (χ0) is 14.7. The molecule has 0 atom stereocenters. The summed E-state index contributed by atoms with van der Waals surface area (Å²) in [6.07, 6.45) is -1.14.